The van der Waals surface area contributed by atoms with Crippen molar-refractivity contribution in [2.45, 2.75) is 25.4 Å². The van der Waals surface area contributed by atoms with Crippen LogP contribution in [0.3, 0.4) is 0 Å². The lowest BCUT2D eigenvalue weighted by Crippen LogP contribution is -2.15. The molecular weight excluding hydrogens is 465 g/mol. The molecule has 0 amide bonds. The predicted octanol–water partition coefficient (Wildman–Crippen LogP) is 6.59. The number of aromatic hydroxyl groups is 1. The van der Waals surface area contributed by atoms with E-state index in [0.717, 1.165) is 16.9 Å². The van der Waals surface area contributed by atoms with Gasteiger partial charge in [0.25, 0.3) is 0 Å². The van der Waals surface area contributed by atoms with Crippen LogP contribution in [0.25, 0.3) is 12.2 Å². The first-order chi connectivity index (χ1) is 17.0. The molecule has 0 radical (unpaired) electrons. The summed E-state index contributed by atoms with van der Waals surface area (Å²) >= 11 is 0. The number of halogens is 3. The molecule has 36 heavy (non-hydrogen) atoms. The molecule has 0 heterocycles. The monoisotopic (exact) mass is 498 g/mol. The normalized spacial score (nSPS) is 11.7. The van der Waals surface area contributed by atoms with E-state index >= 15 is 0 Å². The van der Waals surface area contributed by atoms with E-state index < -0.39 is 12.6 Å². The van der Waals surface area contributed by atoms with E-state index in [0.29, 0.717) is 35.3 Å². The molecule has 0 spiro atoms. The van der Waals surface area contributed by atoms with Gasteiger partial charge in [-0.2, -0.15) is 13.2 Å². The lowest BCUT2D eigenvalue weighted by molar-refractivity contribution is -0.127. The number of alkyl halides is 3. The zero-order valence-electron chi connectivity index (χ0n) is 21.4. The molecule has 0 aliphatic rings. The standard InChI is InChI=1S/C29H33F3N2O2/c1-33(2)24-15-13-22(27(35)17-24)11-9-20-7-6-8-21(26(20)19-29(30,31)32)10-12-23-14-16-25(34(3)4)18-28(23)36-5/h6-8,10,12-18,35H,9,11,19H2,1-5H3/b12-10+. The van der Waals surface area contributed by atoms with Gasteiger partial charge in [-0.1, -0.05) is 36.4 Å². The number of phenolic OH excluding ortho intramolecular Hbond substituents is 1. The number of ether oxygens (including phenoxy) is 1. The van der Waals surface area contributed by atoms with Crippen LogP contribution in [0.5, 0.6) is 11.5 Å². The molecule has 0 aromatic heterocycles. The van der Waals surface area contributed by atoms with E-state index in [4.69, 9.17) is 4.74 Å². The average molecular weight is 499 g/mol. The molecule has 192 valence electrons. The molecule has 0 fully saturated rings. The van der Waals surface area contributed by atoms with Gasteiger partial charge in [-0.15, -0.1) is 0 Å². The number of hydrogen-bond acceptors (Lipinski definition) is 4. The second kappa shape index (κ2) is 11.4. The zero-order valence-corrected chi connectivity index (χ0v) is 21.4. The van der Waals surface area contributed by atoms with Crippen molar-refractivity contribution in [3.05, 3.63) is 82.4 Å². The van der Waals surface area contributed by atoms with Gasteiger partial charge in [-0.3, -0.25) is 0 Å². The quantitative estimate of drug-likeness (QED) is 0.338. The summed E-state index contributed by atoms with van der Waals surface area (Å²) < 4.78 is 46.2. The van der Waals surface area contributed by atoms with Crippen molar-refractivity contribution in [1.29, 1.82) is 0 Å². The number of rotatable bonds is 9. The Balaban J connectivity index is 1.92. The number of methoxy groups -OCH3 is 1. The Bertz CT molecular complexity index is 1220. The smallest absolute Gasteiger partial charge is 0.393 e. The van der Waals surface area contributed by atoms with Crippen molar-refractivity contribution >= 4 is 23.5 Å². The topological polar surface area (TPSA) is 35.9 Å². The summed E-state index contributed by atoms with van der Waals surface area (Å²) in [7, 11) is 9.18. The second-order valence-corrected chi connectivity index (χ2v) is 9.14. The highest BCUT2D eigenvalue weighted by Gasteiger charge is 2.30. The molecule has 3 aromatic rings. The fourth-order valence-corrected chi connectivity index (χ4v) is 4.07. The van der Waals surface area contributed by atoms with Crippen LogP contribution >= 0.6 is 0 Å². The minimum Gasteiger partial charge on any atom is -0.508 e. The predicted molar refractivity (Wildman–Crippen MR) is 142 cm³/mol. The number of nitrogens with zero attached hydrogens (tertiary/aromatic N) is 2. The number of phenols is 1. The van der Waals surface area contributed by atoms with Crippen molar-refractivity contribution in [2.24, 2.45) is 0 Å². The van der Waals surface area contributed by atoms with E-state index in [1.54, 1.807) is 43.5 Å². The first-order valence-electron chi connectivity index (χ1n) is 11.7. The first kappa shape index (κ1) is 27.0. The lowest BCUT2D eigenvalue weighted by Gasteiger charge is -2.17. The Morgan fingerprint density at radius 1 is 0.806 bits per heavy atom. The minimum absolute atomic E-state index is 0.142. The van der Waals surface area contributed by atoms with Gasteiger partial charge in [-0.05, 0) is 53.3 Å². The highest BCUT2D eigenvalue weighted by atomic mass is 19.4. The molecule has 3 aromatic carbocycles. The number of anilines is 2. The van der Waals surface area contributed by atoms with Gasteiger partial charge in [0.2, 0.25) is 0 Å². The molecule has 0 unspecified atom stereocenters. The van der Waals surface area contributed by atoms with Crippen molar-refractivity contribution in [3.8, 4) is 11.5 Å². The van der Waals surface area contributed by atoms with Crippen LogP contribution in [0.4, 0.5) is 24.5 Å². The van der Waals surface area contributed by atoms with Crippen molar-refractivity contribution in [2.75, 3.05) is 45.1 Å². The maximum atomic E-state index is 13.6. The Kier molecular flexibility index (Phi) is 8.56. The van der Waals surface area contributed by atoms with E-state index in [9.17, 15) is 18.3 Å². The lowest BCUT2D eigenvalue weighted by atomic mass is 9.93. The molecule has 7 heteroatoms. The van der Waals surface area contributed by atoms with Gasteiger partial charge in [0.05, 0.1) is 13.5 Å². The van der Waals surface area contributed by atoms with E-state index in [1.807, 2.05) is 68.3 Å². The minimum atomic E-state index is -4.35. The van der Waals surface area contributed by atoms with Gasteiger partial charge in [-0.25, -0.2) is 0 Å². The molecular formula is C29H33F3N2O2. The van der Waals surface area contributed by atoms with Gasteiger partial charge in [0.1, 0.15) is 11.5 Å². The van der Waals surface area contributed by atoms with Crippen LogP contribution < -0.4 is 14.5 Å². The highest BCUT2D eigenvalue weighted by molar-refractivity contribution is 5.75. The summed E-state index contributed by atoms with van der Waals surface area (Å²) in [6, 6.07) is 16.3. The van der Waals surface area contributed by atoms with Crippen LogP contribution in [0, 0.1) is 0 Å². The van der Waals surface area contributed by atoms with Crippen LogP contribution in [0.2, 0.25) is 0 Å². The van der Waals surface area contributed by atoms with Gasteiger partial charge in [0.15, 0.2) is 0 Å². The molecule has 3 rings (SSSR count). The molecule has 0 aliphatic heterocycles. The number of benzene rings is 3. The van der Waals surface area contributed by atoms with Gasteiger partial charge >= 0.3 is 6.18 Å². The fourth-order valence-electron chi connectivity index (χ4n) is 4.07. The second-order valence-electron chi connectivity index (χ2n) is 9.14. The summed E-state index contributed by atoms with van der Waals surface area (Å²) in [4.78, 5) is 3.83. The van der Waals surface area contributed by atoms with E-state index in [-0.39, 0.29) is 11.3 Å². The average Bonchev–Trinajstić information content (AvgIpc) is 2.81. The Morgan fingerprint density at radius 3 is 2.03 bits per heavy atom. The summed E-state index contributed by atoms with van der Waals surface area (Å²) in [6.45, 7) is 0. The zero-order chi connectivity index (χ0) is 26.5. The summed E-state index contributed by atoms with van der Waals surface area (Å²) in [6.07, 6.45) is -1.07. The highest BCUT2D eigenvalue weighted by Crippen LogP contribution is 2.31. The van der Waals surface area contributed by atoms with Crippen LogP contribution in [-0.2, 0) is 19.3 Å². The van der Waals surface area contributed by atoms with E-state index in [2.05, 4.69) is 0 Å². The van der Waals surface area contributed by atoms with Crippen molar-refractivity contribution < 1.29 is 23.0 Å². The maximum absolute atomic E-state index is 13.6. The van der Waals surface area contributed by atoms with Crippen molar-refractivity contribution in [3.63, 3.8) is 0 Å². The molecule has 1 N–H and O–H groups in total. The molecule has 0 saturated carbocycles. The largest absolute Gasteiger partial charge is 0.508 e. The Morgan fingerprint density at radius 2 is 1.42 bits per heavy atom. The molecule has 4 nitrogen and oxygen atoms in total. The first-order valence-corrected chi connectivity index (χ1v) is 11.7. The summed E-state index contributed by atoms with van der Waals surface area (Å²) in [5.74, 6) is 0.783. The summed E-state index contributed by atoms with van der Waals surface area (Å²) in [5.41, 5.74) is 4.66. The molecule has 0 aliphatic carbocycles. The number of hydrogen-bond donors (Lipinski definition) is 1. The third-order valence-corrected chi connectivity index (χ3v) is 6.11. The fraction of sp³-hybridized carbons (Fsp3) is 0.310. The maximum Gasteiger partial charge on any atom is 0.393 e. The van der Waals surface area contributed by atoms with Crippen molar-refractivity contribution in [1.82, 2.24) is 0 Å². The van der Waals surface area contributed by atoms with Gasteiger partial charge in [0, 0.05) is 57.3 Å². The molecule has 0 saturated heterocycles. The van der Waals surface area contributed by atoms with Gasteiger partial charge < -0.3 is 19.6 Å². The van der Waals surface area contributed by atoms with Crippen LogP contribution in [0.15, 0.2) is 54.6 Å². The summed E-state index contributed by atoms with van der Waals surface area (Å²) in [5, 5.41) is 10.4. The third kappa shape index (κ3) is 6.97. The van der Waals surface area contributed by atoms with Crippen LogP contribution in [-0.4, -0.2) is 46.6 Å². The molecule has 0 bridgehead atoms. The Hall–Kier alpha value is -3.61. The Labute approximate surface area is 211 Å². The number of aryl methyl sites for hydroxylation is 2. The SMILES string of the molecule is COc1cc(N(C)C)ccc1/C=C/c1cccc(CCc2ccc(N(C)C)cc2O)c1CC(F)(F)F. The van der Waals surface area contributed by atoms with Crippen LogP contribution in [0.1, 0.15) is 27.8 Å². The van der Waals surface area contributed by atoms with E-state index in [1.165, 1.54) is 0 Å². The molecule has 0 atom stereocenters. The third-order valence-electron chi connectivity index (χ3n) is 6.11.